The second kappa shape index (κ2) is 7.23. The zero-order chi connectivity index (χ0) is 15.1. The molecule has 0 radical (unpaired) electrons. The molecule has 6 nitrogen and oxygen atoms in total. The van der Waals surface area contributed by atoms with Crippen molar-refractivity contribution in [1.82, 2.24) is 15.5 Å². The standard InChI is InChI=1S/C15H17N3O3/c1-11-7-8-12(18-17-11)9-16-15(19)10-21-14-6-4-3-5-13(14)20-2/h3-8H,9-10H2,1-2H3,(H,16,19). The summed E-state index contributed by atoms with van der Waals surface area (Å²) >= 11 is 0. The van der Waals surface area contributed by atoms with E-state index in [0.717, 1.165) is 5.69 Å². The summed E-state index contributed by atoms with van der Waals surface area (Å²) in [5, 5.41) is 10.6. The molecular formula is C15H17N3O3. The van der Waals surface area contributed by atoms with Crippen molar-refractivity contribution in [3.63, 3.8) is 0 Å². The van der Waals surface area contributed by atoms with Crippen LogP contribution >= 0.6 is 0 Å². The summed E-state index contributed by atoms with van der Waals surface area (Å²) in [6, 6.07) is 10.8. The summed E-state index contributed by atoms with van der Waals surface area (Å²) in [5.41, 5.74) is 1.54. The molecule has 6 heteroatoms. The number of aryl methyl sites for hydroxylation is 1. The monoisotopic (exact) mass is 287 g/mol. The Kier molecular flexibility index (Phi) is 5.09. The topological polar surface area (TPSA) is 73.3 Å². The van der Waals surface area contributed by atoms with Crippen LogP contribution in [-0.4, -0.2) is 29.8 Å². The number of para-hydroxylation sites is 2. The van der Waals surface area contributed by atoms with Crippen LogP contribution in [0.2, 0.25) is 0 Å². The van der Waals surface area contributed by atoms with E-state index in [9.17, 15) is 4.79 Å². The van der Waals surface area contributed by atoms with Gasteiger partial charge in [0.1, 0.15) is 0 Å². The number of methoxy groups -OCH3 is 1. The van der Waals surface area contributed by atoms with Gasteiger partial charge in [-0.05, 0) is 31.2 Å². The van der Waals surface area contributed by atoms with Crippen LogP contribution in [0.15, 0.2) is 36.4 Å². The van der Waals surface area contributed by atoms with Crippen LogP contribution in [0.4, 0.5) is 0 Å². The molecule has 1 amide bonds. The van der Waals surface area contributed by atoms with Gasteiger partial charge in [0.2, 0.25) is 0 Å². The molecule has 0 aliphatic heterocycles. The van der Waals surface area contributed by atoms with E-state index < -0.39 is 0 Å². The van der Waals surface area contributed by atoms with Gasteiger partial charge < -0.3 is 14.8 Å². The fourth-order valence-corrected chi connectivity index (χ4v) is 1.64. The number of hydrogen-bond donors (Lipinski definition) is 1. The Hall–Kier alpha value is -2.63. The minimum absolute atomic E-state index is 0.0837. The Balaban J connectivity index is 1.81. The molecule has 0 saturated heterocycles. The first-order chi connectivity index (χ1) is 10.2. The van der Waals surface area contributed by atoms with Crippen molar-refractivity contribution >= 4 is 5.91 Å². The number of nitrogens with zero attached hydrogens (tertiary/aromatic N) is 2. The van der Waals surface area contributed by atoms with E-state index in [2.05, 4.69) is 15.5 Å². The predicted molar refractivity (Wildman–Crippen MR) is 77.1 cm³/mol. The van der Waals surface area contributed by atoms with Gasteiger partial charge in [-0.25, -0.2) is 0 Å². The molecule has 0 spiro atoms. The number of carbonyl (C=O) groups is 1. The number of hydrogen-bond acceptors (Lipinski definition) is 5. The molecule has 1 aromatic heterocycles. The van der Waals surface area contributed by atoms with Gasteiger partial charge in [-0.3, -0.25) is 4.79 Å². The predicted octanol–water partition coefficient (Wildman–Crippen LogP) is 1.49. The van der Waals surface area contributed by atoms with Gasteiger partial charge in [0, 0.05) is 0 Å². The third-order valence-corrected chi connectivity index (χ3v) is 2.75. The molecule has 21 heavy (non-hydrogen) atoms. The van der Waals surface area contributed by atoms with E-state index in [1.807, 2.05) is 31.2 Å². The van der Waals surface area contributed by atoms with Crippen LogP contribution in [0.5, 0.6) is 11.5 Å². The van der Waals surface area contributed by atoms with Gasteiger partial charge >= 0.3 is 0 Å². The quantitative estimate of drug-likeness (QED) is 0.871. The van der Waals surface area contributed by atoms with Crippen molar-refractivity contribution in [2.75, 3.05) is 13.7 Å². The van der Waals surface area contributed by atoms with Crippen molar-refractivity contribution in [1.29, 1.82) is 0 Å². The minimum atomic E-state index is -0.233. The Bertz CT molecular complexity index is 599. The Morgan fingerprint density at radius 3 is 2.57 bits per heavy atom. The first-order valence-corrected chi connectivity index (χ1v) is 6.51. The first-order valence-electron chi connectivity index (χ1n) is 6.51. The number of rotatable bonds is 6. The van der Waals surface area contributed by atoms with E-state index in [0.29, 0.717) is 23.7 Å². The molecule has 0 aliphatic carbocycles. The van der Waals surface area contributed by atoms with Crippen molar-refractivity contribution in [3.8, 4) is 11.5 Å². The smallest absolute Gasteiger partial charge is 0.258 e. The largest absolute Gasteiger partial charge is 0.493 e. The molecule has 110 valence electrons. The lowest BCUT2D eigenvalue weighted by atomic mass is 10.3. The summed E-state index contributed by atoms with van der Waals surface area (Å²) in [6.07, 6.45) is 0. The first kappa shape index (κ1) is 14.8. The van der Waals surface area contributed by atoms with Crippen molar-refractivity contribution in [2.24, 2.45) is 0 Å². The molecule has 1 N–H and O–H groups in total. The molecule has 2 aromatic rings. The third kappa shape index (κ3) is 4.45. The Labute approximate surface area is 123 Å². The highest BCUT2D eigenvalue weighted by molar-refractivity contribution is 5.77. The maximum Gasteiger partial charge on any atom is 0.258 e. The van der Waals surface area contributed by atoms with Crippen molar-refractivity contribution in [2.45, 2.75) is 13.5 Å². The van der Waals surface area contributed by atoms with E-state index in [4.69, 9.17) is 9.47 Å². The molecule has 1 heterocycles. The fraction of sp³-hybridized carbons (Fsp3) is 0.267. The highest BCUT2D eigenvalue weighted by Crippen LogP contribution is 2.25. The second-order valence-electron chi connectivity index (χ2n) is 4.38. The van der Waals surface area contributed by atoms with Crippen LogP contribution in [0.3, 0.4) is 0 Å². The van der Waals surface area contributed by atoms with E-state index in [1.165, 1.54) is 0 Å². The minimum Gasteiger partial charge on any atom is -0.493 e. The van der Waals surface area contributed by atoms with Crippen LogP contribution < -0.4 is 14.8 Å². The van der Waals surface area contributed by atoms with Crippen LogP contribution in [0.25, 0.3) is 0 Å². The molecule has 0 atom stereocenters. The Morgan fingerprint density at radius 2 is 1.90 bits per heavy atom. The maximum atomic E-state index is 11.7. The SMILES string of the molecule is COc1ccccc1OCC(=O)NCc1ccc(C)nn1. The lowest BCUT2D eigenvalue weighted by molar-refractivity contribution is -0.123. The van der Waals surface area contributed by atoms with Crippen LogP contribution in [0, 0.1) is 6.92 Å². The number of nitrogens with one attached hydrogen (secondary N) is 1. The number of carbonyl (C=O) groups excluding carboxylic acids is 1. The van der Waals surface area contributed by atoms with Gasteiger partial charge in [0.25, 0.3) is 5.91 Å². The summed E-state index contributed by atoms with van der Waals surface area (Å²) in [7, 11) is 1.55. The number of ether oxygens (including phenoxy) is 2. The molecular weight excluding hydrogens is 270 g/mol. The average molecular weight is 287 g/mol. The summed E-state index contributed by atoms with van der Waals surface area (Å²) in [6.45, 7) is 2.09. The molecule has 1 aromatic carbocycles. The molecule has 0 saturated carbocycles. The van der Waals surface area contributed by atoms with Gasteiger partial charge in [-0.2, -0.15) is 10.2 Å². The van der Waals surface area contributed by atoms with Crippen molar-refractivity contribution < 1.29 is 14.3 Å². The van der Waals surface area contributed by atoms with Gasteiger partial charge in [-0.1, -0.05) is 12.1 Å². The normalized spacial score (nSPS) is 10.0. The Morgan fingerprint density at radius 1 is 1.14 bits per heavy atom. The van der Waals surface area contributed by atoms with Gasteiger partial charge in [0.15, 0.2) is 18.1 Å². The van der Waals surface area contributed by atoms with Gasteiger partial charge in [0.05, 0.1) is 25.0 Å². The second-order valence-corrected chi connectivity index (χ2v) is 4.38. The molecule has 2 rings (SSSR count). The fourth-order valence-electron chi connectivity index (χ4n) is 1.64. The van der Waals surface area contributed by atoms with Crippen molar-refractivity contribution in [3.05, 3.63) is 47.8 Å². The maximum absolute atomic E-state index is 11.7. The zero-order valence-electron chi connectivity index (χ0n) is 12.0. The lowest BCUT2D eigenvalue weighted by Crippen LogP contribution is -2.28. The number of aromatic nitrogens is 2. The molecule has 0 bridgehead atoms. The number of amides is 1. The lowest BCUT2D eigenvalue weighted by Gasteiger charge is -2.10. The number of benzene rings is 1. The molecule has 0 aliphatic rings. The average Bonchev–Trinajstić information content (AvgIpc) is 2.52. The summed E-state index contributed by atoms with van der Waals surface area (Å²) in [4.78, 5) is 11.7. The highest BCUT2D eigenvalue weighted by atomic mass is 16.5. The van der Waals surface area contributed by atoms with E-state index in [-0.39, 0.29) is 12.5 Å². The van der Waals surface area contributed by atoms with E-state index >= 15 is 0 Å². The highest BCUT2D eigenvalue weighted by Gasteiger charge is 2.07. The summed E-state index contributed by atoms with van der Waals surface area (Å²) < 4.78 is 10.6. The van der Waals surface area contributed by atoms with Crippen LogP contribution in [-0.2, 0) is 11.3 Å². The van der Waals surface area contributed by atoms with Gasteiger partial charge in [-0.15, -0.1) is 0 Å². The van der Waals surface area contributed by atoms with E-state index in [1.54, 1.807) is 19.2 Å². The third-order valence-electron chi connectivity index (χ3n) is 2.75. The summed E-state index contributed by atoms with van der Waals surface area (Å²) in [5.74, 6) is 0.892. The molecule has 0 fully saturated rings. The molecule has 0 unspecified atom stereocenters. The van der Waals surface area contributed by atoms with Crippen LogP contribution in [0.1, 0.15) is 11.4 Å². The zero-order valence-corrected chi connectivity index (χ0v) is 12.0.